The van der Waals surface area contributed by atoms with E-state index in [4.69, 9.17) is 37.4 Å². The summed E-state index contributed by atoms with van der Waals surface area (Å²) in [6.07, 6.45) is 1.57. The smallest absolute Gasteiger partial charge is 0.343 e. The number of thioether (sulfide) groups is 1. The van der Waals surface area contributed by atoms with Crippen molar-refractivity contribution in [2.75, 3.05) is 20.3 Å². The van der Waals surface area contributed by atoms with Gasteiger partial charge in [0.05, 0.1) is 33.6 Å². The zero-order valence-corrected chi connectivity index (χ0v) is 23.1. The van der Waals surface area contributed by atoms with Gasteiger partial charge in [0.15, 0.2) is 11.5 Å². The van der Waals surface area contributed by atoms with Crippen molar-refractivity contribution in [3.05, 3.63) is 91.2 Å². The number of carbonyl (C=O) groups excluding carboxylic acids is 3. The Morgan fingerprint density at radius 1 is 1.05 bits per heavy atom. The van der Waals surface area contributed by atoms with Crippen molar-refractivity contribution in [1.82, 2.24) is 4.90 Å². The van der Waals surface area contributed by atoms with Gasteiger partial charge >= 0.3 is 5.97 Å². The zero-order valence-electron chi connectivity index (χ0n) is 19.2. The maximum absolute atomic E-state index is 12.9. The normalized spacial score (nSPS) is 14.3. The molecule has 0 saturated carbocycles. The van der Waals surface area contributed by atoms with Crippen LogP contribution < -0.4 is 14.2 Å². The van der Waals surface area contributed by atoms with Crippen molar-refractivity contribution < 1.29 is 28.6 Å². The fourth-order valence-electron chi connectivity index (χ4n) is 3.31. The summed E-state index contributed by atoms with van der Waals surface area (Å²) in [4.78, 5) is 39.2. The molecule has 11 heteroatoms. The molecular formula is C26H18BrCl2NO6S. The molecule has 190 valence electrons. The summed E-state index contributed by atoms with van der Waals surface area (Å²) in [5.41, 5.74) is 0.877. The molecule has 7 nitrogen and oxygen atoms in total. The molecule has 0 unspecified atom stereocenters. The minimum atomic E-state index is -0.594. The maximum Gasteiger partial charge on any atom is 0.343 e. The van der Waals surface area contributed by atoms with E-state index < -0.39 is 17.1 Å². The number of imide groups is 1. The Morgan fingerprint density at radius 3 is 2.49 bits per heavy atom. The van der Waals surface area contributed by atoms with Crippen LogP contribution in [0.15, 0.2) is 70.0 Å². The number of benzene rings is 3. The topological polar surface area (TPSA) is 82.1 Å². The van der Waals surface area contributed by atoms with Gasteiger partial charge in [-0.3, -0.25) is 14.5 Å². The number of esters is 1. The van der Waals surface area contributed by atoms with E-state index >= 15 is 0 Å². The summed E-state index contributed by atoms with van der Waals surface area (Å²) in [5, 5.41) is 0.536. The van der Waals surface area contributed by atoms with Crippen LogP contribution in [0.5, 0.6) is 17.2 Å². The standard InChI is InChI=1S/C26H18BrCl2NO6S/c1-34-21-13-15(12-18(27)23(21)36-25(32)16-6-8-17(28)9-7-16)14-22-24(31)30(26(33)37-22)10-11-35-20-5-3-2-4-19(20)29/h2-9,12-14H,10-11H2,1H3/b22-14-. The van der Waals surface area contributed by atoms with Crippen LogP contribution in [-0.4, -0.2) is 42.3 Å². The van der Waals surface area contributed by atoms with E-state index in [2.05, 4.69) is 15.9 Å². The van der Waals surface area contributed by atoms with E-state index in [1.807, 2.05) is 0 Å². The fourth-order valence-corrected chi connectivity index (χ4v) is 5.03. The quantitative estimate of drug-likeness (QED) is 0.151. The lowest BCUT2D eigenvalue weighted by Crippen LogP contribution is -2.32. The van der Waals surface area contributed by atoms with Crippen molar-refractivity contribution in [2.24, 2.45) is 0 Å². The molecule has 3 aromatic rings. The van der Waals surface area contributed by atoms with Gasteiger partial charge in [0.1, 0.15) is 12.4 Å². The molecule has 0 aromatic heterocycles. The lowest BCUT2D eigenvalue weighted by molar-refractivity contribution is -0.123. The average Bonchev–Trinajstić information content (AvgIpc) is 3.14. The van der Waals surface area contributed by atoms with Gasteiger partial charge in [0.2, 0.25) is 0 Å². The van der Waals surface area contributed by atoms with Crippen LogP contribution in [0, 0.1) is 0 Å². The fraction of sp³-hybridized carbons (Fsp3) is 0.115. The van der Waals surface area contributed by atoms with Gasteiger partial charge in [-0.2, -0.15) is 0 Å². The highest BCUT2D eigenvalue weighted by Crippen LogP contribution is 2.39. The second kappa shape index (κ2) is 12.0. The van der Waals surface area contributed by atoms with Gasteiger partial charge < -0.3 is 14.2 Å². The molecule has 2 amide bonds. The summed E-state index contributed by atoms with van der Waals surface area (Å²) in [7, 11) is 1.43. The highest BCUT2D eigenvalue weighted by atomic mass is 79.9. The van der Waals surface area contributed by atoms with Crippen molar-refractivity contribution in [2.45, 2.75) is 0 Å². The highest BCUT2D eigenvalue weighted by Gasteiger charge is 2.35. The number of rotatable bonds is 8. The largest absolute Gasteiger partial charge is 0.493 e. The number of hydrogen-bond acceptors (Lipinski definition) is 7. The van der Waals surface area contributed by atoms with E-state index in [-0.39, 0.29) is 29.6 Å². The lowest BCUT2D eigenvalue weighted by Gasteiger charge is -2.14. The Kier molecular flexibility index (Phi) is 8.81. The maximum atomic E-state index is 12.9. The molecule has 3 aromatic carbocycles. The van der Waals surface area contributed by atoms with E-state index in [1.165, 1.54) is 7.11 Å². The monoisotopic (exact) mass is 621 g/mol. The van der Waals surface area contributed by atoms with Crippen LogP contribution >= 0.6 is 50.9 Å². The molecule has 0 bridgehead atoms. The van der Waals surface area contributed by atoms with E-state index in [0.29, 0.717) is 31.4 Å². The van der Waals surface area contributed by atoms with Crippen molar-refractivity contribution >= 4 is 74.1 Å². The Balaban J connectivity index is 1.47. The predicted molar refractivity (Wildman–Crippen MR) is 147 cm³/mol. The number of ether oxygens (including phenoxy) is 3. The minimum absolute atomic E-state index is 0.0693. The van der Waals surface area contributed by atoms with Crippen molar-refractivity contribution in [1.29, 1.82) is 0 Å². The number of halogens is 3. The first-order valence-electron chi connectivity index (χ1n) is 10.7. The summed E-state index contributed by atoms with van der Waals surface area (Å²) in [6.45, 7) is 0.169. The molecule has 1 aliphatic heterocycles. The molecule has 0 spiro atoms. The first-order chi connectivity index (χ1) is 17.8. The molecule has 37 heavy (non-hydrogen) atoms. The Morgan fingerprint density at radius 2 is 1.78 bits per heavy atom. The summed E-state index contributed by atoms with van der Waals surface area (Å²) >= 11 is 16.2. The second-order valence-electron chi connectivity index (χ2n) is 7.54. The molecule has 1 saturated heterocycles. The minimum Gasteiger partial charge on any atom is -0.493 e. The summed E-state index contributed by atoms with van der Waals surface area (Å²) in [5.74, 6) is -0.130. The number of amides is 2. The van der Waals surface area contributed by atoms with Crippen LogP contribution in [0.25, 0.3) is 6.08 Å². The van der Waals surface area contributed by atoms with Crippen molar-refractivity contribution in [3.8, 4) is 17.2 Å². The van der Waals surface area contributed by atoms with Crippen LogP contribution in [0.3, 0.4) is 0 Å². The van der Waals surface area contributed by atoms with Crippen LogP contribution in [0.4, 0.5) is 4.79 Å². The molecule has 4 rings (SSSR count). The molecular weight excluding hydrogens is 605 g/mol. The van der Waals surface area contributed by atoms with E-state index in [9.17, 15) is 14.4 Å². The zero-order chi connectivity index (χ0) is 26.5. The predicted octanol–water partition coefficient (Wildman–Crippen LogP) is 7.10. The molecule has 0 aliphatic carbocycles. The second-order valence-corrected chi connectivity index (χ2v) is 10.2. The molecule has 0 atom stereocenters. The van der Waals surface area contributed by atoms with Crippen LogP contribution in [-0.2, 0) is 4.79 Å². The van der Waals surface area contributed by atoms with Gasteiger partial charge in [-0.1, -0.05) is 35.3 Å². The van der Waals surface area contributed by atoms with Gasteiger partial charge in [0.25, 0.3) is 11.1 Å². The number of nitrogens with zero attached hydrogens (tertiary/aromatic N) is 1. The number of hydrogen-bond donors (Lipinski definition) is 0. The lowest BCUT2D eigenvalue weighted by atomic mass is 10.1. The molecule has 0 N–H and O–H groups in total. The van der Waals surface area contributed by atoms with Gasteiger partial charge in [-0.05, 0) is 87.9 Å². The third kappa shape index (κ3) is 6.48. The summed E-state index contributed by atoms with van der Waals surface area (Å²) < 4.78 is 17.0. The number of para-hydroxylation sites is 1. The number of methoxy groups -OCH3 is 1. The first-order valence-corrected chi connectivity index (χ1v) is 13.1. The molecule has 1 aliphatic rings. The van der Waals surface area contributed by atoms with E-state index in [1.54, 1.807) is 66.7 Å². The summed E-state index contributed by atoms with van der Waals surface area (Å²) in [6, 6.07) is 16.5. The van der Waals surface area contributed by atoms with Gasteiger partial charge in [0, 0.05) is 5.02 Å². The molecule has 0 radical (unpaired) electrons. The molecule has 1 heterocycles. The third-order valence-electron chi connectivity index (χ3n) is 5.11. The van der Waals surface area contributed by atoms with Crippen LogP contribution in [0.2, 0.25) is 10.0 Å². The number of carbonyl (C=O) groups is 3. The average molecular weight is 623 g/mol. The highest BCUT2D eigenvalue weighted by molar-refractivity contribution is 9.10. The van der Waals surface area contributed by atoms with Crippen molar-refractivity contribution in [3.63, 3.8) is 0 Å². The van der Waals surface area contributed by atoms with Gasteiger partial charge in [-0.25, -0.2) is 4.79 Å². The Labute approximate surface area is 235 Å². The third-order valence-corrected chi connectivity index (χ3v) is 7.17. The first kappa shape index (κ1) is 27.1. The van der Waals surface area contributed by atoms with Crippen LogP contribution in [0.1, 0.15) is 15.9 Å². The van der Waals surface area contributed by atoms with Gasteiger partial charge in [-0.15, -0.1) is 0 Å². The Bertz CT molecular complexity index is 1400. The Hall–Kier alpha value is -2.98. The van der Waals surface area contributed by atoms with E-state index in [0.717, 1.165) is 16.7 Å². The molecule has 1 fully saturated rings. The SMILES string of the molecule is COc1cc(/C=C2\SC(=O)N(CCOc3ccccc3Cl)C2=O)cc(Br)c1OC(=O)c1ccc(Cl)cc1.